The third kappa shape index (κ3) is 20.2. The van der Waals surface area contributed by atoms with E-state index in [1.54, 1.807) is 0 Å². The van der Waals surface area contributed by atoms with Crippen LogP contribution in [0, 0.1) is 5.92 Å². The molecule has 1 fully saturated rings. The van der Waals surface area contributed by atoms with Crippen molar-refractivity contribution >= 4 is 24.8 Å². The van der Waals surface area contributed by atoms with E-state index < -0.39 is 0 Å². The highest BCUT2D eigenvalue weighted by molar-refractivity contribution is 5.85. The molecule has 1 saturated heterocycles. The van der Waals surface area contributed by atoms with Crippen LogP contribution in [0.1, 0.15) is 116 Å². The van der Waals surface area contributed by atoms with Crippen LogP contribution in [0.5, 0.6) is 0 Å². The number of hydrogen-bond acceptors (Lipinski definition) is 2. The SMILES string of the molecule is CCCCCCCCCCCCCCCCCCN1CCC(CN(C)C)C1.Cl.Cl. The van der Waals surface area contributed by atoms with Crippen molar-refractivity contribution < 1.29 is 0 Å². The summed E-state index contributed by atoms with van der Waals surface area (Å²) in [6.45, 7) is 7.61. The molecule has 1 rings (SSSR count). The van der Waals surface area contributed by atoms with Crippen LogP contribution in [0.2, 0.25) is 0 Å². The summed E-state index contributed by atoms with van der Waals surface area (Å²) in [7, 11) is 4.41. The molecule has 1 aliphatic rings. The van der Waals surface area contributed by atoms with Crippen molar-refractivity contribution in [2.45, 2.75) is 116 Å². The summed E-state index contributed by atoms with van der Waals surface area (Å²) >= 11 is 0. The first-order chi connectivity index (χ1) is 13.2. The zero-order valence-electron chi connectivity index (χ0n) is 20.1. The molecule has 0 aromatic heterocycles. The van der Waals surface area contributed by atoms with Crippen LogP contribution >= 0.6 is 24.8 Å². The Balaban J connectivity index is 0. The predicted octanol–water partition coefficient (Wildman–Crippen LogP) is 7.98. The summed E-state index contributed by atoms with van der Waals surface area (Å²) < 4.78 is 0. The molecule has 1 aliphatic heterocycles. The Kier molecular flexibility index (Phi) is 25.3. The fraction of sp³-hybridized carbons (Fsp3) is 1.00. The van der Waals surface area contributed by atoms with E-state index in [-0.39, 0.29) is 24.8 Å². The van der Waals surface area contributed by atoms with E-state index in [4.69, 9.17) is 0 Å². The molecule has 0 bridgehead atoms. The Bertz CT molecular complexity index is 313. The number of hydrogen-bond donors (Lipinski definition) is 0. The fourth-order valence-corrected chi connectivity index (χ4v) is 4.66. The third-order valence-corrected chi connectivity index (χ3v) is 6.32. The summed E-state index contributed by atoms with van der Waals surface area (Å²) in [6.07, 6.45) is 24.8. The second kappa shape index (κ2) is 23.2. The Morgan fingerprint density at radius 3 is 1.48 bits per heavy atom. The normalized spacial score (nSPS) is 16.8. The van der Waals surface area contributed by atoms with Gasteiger partial charge in [0.2, 0.25) is 0 Å². The van der Waals surface area contributed by atoms with Crippen LogP contribution in [0.15, 0.2) is 0 Å². The van der Waals surface area contributed by atoms with Crippen LogP contribution in [-0.2, 0) is 0 Å². The van der Waals surface area contributed by atoms with Gasteiger partial charge in [0.25, 0.3) is 0 Å². The Labute approximate surface area is 196 Å². The van der Waals surface area contributed by atoms with Gasteiger partial charge in [-0.15, -0.1) is 24.8 Å². The van der Waals surface area contributed by atoms with Crippen molar-refractivity contribution in [3.63, 3.8) is 0 Å². The lowest BCUT2D eigenvalue weighted by Gasteiger charge is -2.18. The molecule has 0 radical (unpaired) electrons. The number of nitrogens with zero attached hydrogens (tertiary/aromatic N) is 2. The molecule has 1 unspecified atom stereocenters. The highest BCUT2D eigenvalue weighted by Gasteiger charge is 2.21. The van der Waals surface area contributed by atoms with E-state index >= 15 is 0 Å². The molecule has 0 aromatic rings. The van der Waals surface area contributed by atoms with Gasteiger partial charge in [0.15, 0.2) is 0 Å². The number of likely N-dealkylation sites (tertiary alicyclic amines) is 1. The van der Waals surface area contributed by atoms with Crippen molar-refractivity contribution in [1.29, 1.82) is 0 Å². The molecule has 0 aliphatic carbocycles. The summed E-state index contributed by atoms with van der Waals surface area (Å²) in [6, 6.07) is 0. The molecule has 0 saturated carbocycles. The molecule has 178 valence electrons. The lowest BCUT2D eigenvalue weighted by molar-refractivity contribution is 0.286. The minimum Gasteiger partial charge on any atom is -0.309 e. The van der Waals surface area contributed by atoms with E-state index in [1.165, 1.54) is 135 Å². The van der Waals surface area contributed by atoms with Gasteiger partial charge in [-0.25, -0.2) is 0 Å². The maximum atomic E-state index is 2.71. The quantitative estimate of drug-likeness (QED) is 0.183. The Hall–Kier alpha value is 0.500. The molecular formula is C25H54Cl2N2. The molecule has 0 aromatic carbocycles. The van der Waals surface area contributed by atoms with Gasteiger partial charge in [-0.05, 0) is 45.9 Å². The molecule has 0 amide bonds. The number of unbranched alkanes of at least 4 members (excludes halogenated alkanes) is 15. The van der Waals surface area contributed by atoms with Crippen molar-refractivity contribution in [3.05, 3.63) is 0 Å². The maximum Gasteiger partial charge on any atom is 0.00224 e. The van der Waals surface area contributed by atoms with E-state index in [9.17, 15) is 0 Å². The van der Waals surface area contributed by atoms with Crippen molar-refractivity contribution in [3.8, 4) is 0 Å². The lowest BCUT2D eigenvalue weighted by Crippen LogP contribution is -2.26. The largest absolute Gasteiger partial charge is 0.309 e. The zero-order chi connectivity index (χ0) is 19.6. The third-order valence-electron chi connectivity index (χ3n) is 6.32. The lowest BCUT2D eigenvalue weighted by atomic mass is 10.0. The average Bonchev–Trinajstić information content (AvgIpc) is 3.08. The molecule has 1 heterocycles. The Morgan fingerprint density at radius 2 is 1.07 bits per heavy atom. The summed E-state index contributed by atoms with van der Waals surface area (Å²) in [4.78, 5) is 5.06. The predicted molar refractivity (Wildman–Crippen MR) is 137 cm³/mol. The second-order valence-corrected chi connectivity index (χ2v) is 9.52. The van der Waals surface area contributed by atoms with Crippen molar-refractivity contribution in [2.75, 3.05) is 40.3 Å². The molecule has 29 heavy (non-hydrogen) atoms. The van der Waals surface area contributed by atoms with Gasteiger partial charge in [-0.2, -0.15) is 0 Å². The molecular weight excluding hydrogens is 399 g/mol. The van der Waals surface area contributed by atoms with Gasteiger partial charge < -0.3 is 9.80 Å². The smallest absolute Gasteiger partial charge is 0.00224 e. The van der Waals surface area contributed by atoms with E-state index in [0.717, 1.165) is 5.92 Å². The van der Waals surface area contributed by atoms with Crippen molar-refractivity contribution in [2.24, 2.45) is 5.92 Å². The van der Waals surface area contributed by atoms with Crippen LogP contribution in [0.25, 0.3) is 0 Å². The van der Waals surface area contributed by atoms with Crippen LogP contribution in [0.3, 0.4) is 0 Å². The van der Waals surface area contributed by atoms with Gasteiger partial charge in [0, 0.05) is 13.1 Å². The van der Waals surface area contributed by atoms with Gasteiger partial charge >= 0.3 is 0 Å². The second-order valence-electron chi connectivity index (χ2n) is 9.52. The van der Waals surface area contributed by atoms with E-state index in [0.29, 0.717) is 0 Å². The fourth-order valence-electron chi connectivity index (χ4n) is 4.66. The highest BCUT2D eigenvalue weighted by atomic mass is 35.5. The first-order valence-electron chi connectivity index (χ1n) is 12.6. The van der Waals surface area contributed by atoms with Gasteiger partial charge in [0.1, 0.15) is 0 Å². The van der Waals surface area contributed by atoms with Crippen LogP contribution in [0.4, 0.5) is 0 Å². The Morgan fingerprint density at radius 1 is 0.655 bits per heavy atom. The van der Waals surface area contributed by atoms with Crippen molar-refractivity contribution in [1.82, 2.24) is 9.80 Å². The standard InChI is InChI=1S/C25H52N2.2ClH/c1-4-5-6-7-8-9-10-11-12-13-14-15-16-17-18-19-21-27-22-20-25(24-27)23-26(2)3;;/h25H,4-24H2,1-3H3;2*1H. The van der Waals surface area contributed by atoms with Gasteiger partial charge in [-0.1, -0.05) is 103 Å². The highest BCUT2D eigenvalue weighted by Crippen LogP contribution is 2.18. The summed E-state index contributed by atoms with van der Waals surface area (Å²) in [5, 5.41) is 0. The minimum atomic E-state index is 0. The number of rotatable bonds is 19. The van der Waals surface area contributed by atoms with E-state index in [2.05, 4.69) is 30.8 Å². The zero-order valence-corrected chi connectivity index (χ0v) is 21.8. The average molecular weight is 454 g/mol. The minimum absolute atomic E-state index is 0. The summed E-state index contributed by atoms with van der Waals surface area (Å²) in [5.74, 6) is 0.918. The van der Waals surface area contributed by atoms with Gasteiger partial charge in [-0.3, -0.25) is 0 Å². The monoisotopic (exact) mass is 452 g/mol. The number of halogens is 2. The first-order valence-corrected chi connectivity index (χ1v) is 12.6. The molecule has 0 N–H and O–H groups in total. The first kappa shape index (κ1) is 31.7. The topological polar surface area (TPSA) is 6.48 Å². The molecule has 4 heteroatoms. The molecule has 0 spiro atoms. The van der Waals surface area contributed by atoms with Crippen LogP contribution in [-0.4, -0.2) is 50.1 Å². The molecule has 1 atom stereocenters. The van der Waals surface area contributed by atoms with Crippen LogP contribution < -0.4 is 0 Å². The maximum absolute atomic E-state index is 2.71. The summed E-state index contributed by atoms with van der Waals surface area (Å²) in [5.41, 5.74) is 0. The van der Waals surface area contributed by atoms with Gasteiger partial charge in [0.05, 0.1) is 0 Å². The molecule has 2 nitrogen and oxygen atoms in total. The van der Waals surface area contributed by atoms with E-state index in [1.807, 2.05) is 0 Å².